The van der Waals surface area contributed by atoms with E-state index in [0.717, 1.165) is 23.1 Å². The average molecular weight is 336 g/mol. The fourth-order valence-electron chi connectivity index (χ4n) is 2.20. The first-order valence-corrected chi connectivity index (χ1v) is 7.17. The molecule has 3 N–H and O–H groups in total. The summed E-state index contributed by atoms with van der Waals surface area (Å²) >= 11 is 0. The molecule has 5 nitrogen and oxygen atoms in total. The number of aromatic nitrogens is 1. The van der Waals surface area contributed by atoms with Gasteiger partial charge < -0.3 is 15.7 Å². The second-order valence-electron chi connectivity index (χ2n) is 5.44. The van der Waals surface area contributed by atoms with Crippen LogP contribution in [0.4, 0.5) is 0 Å². The molecule has 1 aromatic carbocycles. The smallest absolute Gasteiger partial charge is 0.226 e. The van der Waals surface area contributed by atoms with E-state index in [2.05, 4.69) is 4.98 Å². The molecule has 124 valence electrons. The summed E-state index contributed by atoms with van der Waals surface area (Å²) in [5.74, 6) is 0.207. The summed E-state index contributed by atoms with van der Waals surface area (Å²) in [6, 6.07) is 7.32. The van der Waals surface area contributed by atoms with Crippen molar-refractivity contribution in [2.75, 3.05) is 20.6 Å². The van der Waals surface area contributed by atoms with E-state index in [4.69, 9.17) is 5.73 Å². The molecule has 0 bridgehead atoms. The molecule has 0 spiro atoms. The molecule has 1 aromatic heterocycles. The number of amides is 1. The normalized spacial score (nSPS) is 10.0. The molecule has 6 heteroatoms. The van der Waals surface area contributed by atoms with Crippen LogP contribution in [0.1, 0.15) is 11.1 Å². The van der Waals surface area contributed by atoms with E-state index in [1.54, 1.807) is 37.5 Å². The number of carbonyl (C=O) groups excluding carboxylic acids is 1. The number of likely N-dealkylation sites (N-methyl/N-ethyl adjacent to an activating group) is 1. The van der Waals surface area contributed by atoms with Crippen molar-refractivity contribution in [3.05, 3.63) is 47.8 Å². The summed E-state index contributed by atoms with van der Waals surface area (Å²) in [5.41, 5.74) is 8.96. The van der Waals surface area contributed by atoms with Crippen LogP contribution in [0.25, 0.3) is 11.1 Å². The lowest BCUT2D eigenvalue weighted by atomic mass is 10.00. The third kappa shape index (κ3) is 4.94. The summed E-state index contributed by atoms with van der Waals surface area (Å²) in [6.45, 7) is 0.555. The van der Waals surface area contributed by atoms with Crippen LogP contribution in [0.5, 0.6) is 5.75 Å². The average Bonchev–Trinajstić information content (AvgIpc) is 2.49. The molecule has 23 heavy (non-hydrogen) atoms. The van der Waals surface area contributed by atoms with Crippen LogP contribution in [-0.2, 0) is 17.6 Å². The van der Waals surface area contributed by atoms with Gasteiger partial charge in [0.25, 0.3) is 0 Å². The van der Waals surface area contributed by atoms with Crippen molar-refractivity contribution in [2.24, 2.45) is 5.73 Å². The fourth-order valence-corrected chi connectivity index (χ4v) is 2.20. The molecular weight excluding hydrogens is 314 g/mol. The van der Waals surface area contributed by atoms with Crippen molar-refractivity contribution < 1.29 is 9.90 Å². The molecule has 2 rings (SSSR count). The van der Waals surface area contributed by atoms with E-state index in [-0.39, 0.29) is 30.5 Å². The van der Waals surface area contributed by atoms with Gasteiger partial charge in [-0.1, -0.05) is 6.07 Å². The number of carbonyl (C=O) groups is 1. The number of hydrogen-bond acceptors (Lipinski definition) is 4. The van der Waals surface area contributed by atoms with Crippen LogP contribution in [-0.4, -0.2) is 41.5 Å². The van der Waals surface area contributed by atoms with E-state index in [0.29, 0.717) is 12.1 Å². The van der Waals surface area contributed by atoms with E-state index in [9.17, 15) is 9.90 Å². The summed E-state index contributed by atoms with van der Waals surface area (Å²) < 4.78 is 0. The number of nitrogens with two attached hydrogens (primary N) is 1. The first-order valence-electron chi connectivity index (χ1n) is 7.17. The summed E-state index contributed by atoms with van der Waals surface area (Å²) in [4.78, 5) is 17.5. The summed E-state index contributed by atoms with van der Waals surface area (Å²) in [7, 11) is 3.45. The van der Waals surface area contributed by atoms with Crippen LogP contribution in [0, 0.1) is 0 Å². The van der Waals surface area contributed by atoms with Crippen LogP contribution >= 0.6 is 12.4 Å². The van der Waals surface area contributed by atoms with Gasteiger partial charge in [-0.3, -0.25) is 9.78 Å². The van der Waals surface area contributed by atoms with Gasteiger partial charge in [-0.2, -0.15) is 0 Å². The number of rotatable bonds is 5. The van der Waals surface area contributed by atoms with E-state index < -0.39 is 0 Å². The lowest BCUT2D eigenvalue weighted by Crippen LogP contribution is -2.23. The lowest BCUT2D eigenvalue weighted by molar-refractivity contribution is -0.127. The monoisotopic (exact) mass is 335 g/mol. The Labute approximate surface area is 142 Å². The minimum Gasteiger partial charge on any atom is -0.507 e. The Balaban J connectivity index is 0.00000264. The molecule has 1 heterocycles. The van der Waals surface area contributed by atoms with Gasteiger partial charge in [0.05, 0.1) is 6.42 Å². The van der Waals surface area contributed by atoms with E-state index in [1.165, 1.54) is 0 Å². The van der Waals surface area contributed by atoms with Crippen LogP contribution in [0.15, 0.2) is 36.7 Å². The minimum absolute atomic E-state index is 0. The Morgan fingerprint density at radius 1 is 1.22 bits per heavy atom. The third-order valence-electron chi connectivity index (χ3n) is 3.45. The number of halogens is 1. The lowest BCUT2D eigenvalue weighted by Gasteiger charge is -2.11. The molecule has 0 unspecified atom stereocenters. The van der Waals surface area contributed by atoms with Gasteiger partial charge in [0.1, 0.15) is 5.75 Å². The van der Waals surface area contributed by atoms with Gasteiger partial charge in [0.15, 0.2) is 0 Å². The standard InChI is InChI=1S/C17H21N3O2.ClH/c1-20(2)17(22)9-13-7-14(11-19-10-13)15-8-12(5-6-18)3-4-16(15)21;/h3-4,7-8,10-11,21H,5-6,9,18H2,1-2H3;1H. The van der Waals surface area contributed by atoms with Gasteiger partial charge in [-0.25, -0.2) is 0 Å². The number of hydrogen-bond donors (Lipinski definition) is 2. The van der Waals surface area contributed by atoms with E-state index in [1.807, 2.05) is 18.2 Å². The Morgan fingerprint density at radius 3 is 2.61 bits per heavy atom. The third-order valence-corrected chi connectivity index (χ3v) is 3.45. The molecule has 0 fully saturated rings. The highest BCUT2D eigenvalue weighted by molar-refractivity contribution is 5.85. The Morgan fingerprint density at radius 2 is 1.96 bits per heavy atom. The second kappa shape index (κ2) is 8.50. The number of aromatic hydroxyl groups is 1. The van der Waals surface area contributed by atoms with Crippen LogP contribution < -0.4 is 5.73 Å². The zero-order chi connectivity index (χ0) is 16.1. The number of phenols is 1. The molecule has 0 saturated carbocycles. The Bertz CT molecular complexity index is 675. The highest BCUT2D eigenvalue weighted by Crippen LogP contribution is 2.30. The van der Waals surface area contributed by atoms with Crippen molar-refractivity contribution in [1.82, 2.24) is 9.88 Å². The van der Waals surface area contributed by atoms with Crippen molar-refractivity contribution >= 4 is 18.3 Å². The predicted octanol–water partition coefficient (Wildman–Crippen LogP) is 2.01. The van der Waals surface area contributed by atoms with Gasteiger partial charge in [-0.05, 0) is 42.3 Å². The maximum Gasteiger partial charge on any atom is 0.226 e. The highest BCUT2D eigenvalue weighted by Gasteiger charge is 2.10. The van der Waals surface area contributed by atoms with Crippen molar-refractivity contribution in [2.45, 2.75) is 12.8 Å². The van der Waals surface area contributed by atoms with Crippen molar-refractivity contribution in [3.63, 3.8) is 0 Å². The van der Waals surface area contributed by atoms with Gasteiger partial charge in [-0.15, -0.1) is 12.4 Å². The molecule has 2 aromatic rings. The minimum atomic E-state index is 0. The second-order valence-corrected chi connectivity index (χ2v) is 5.44. The number of phenolic OH excluding ortho intramolecular Hbond substituents is 1. The fraction of sp³-hybridized carbons (Fsp3) is 0.294. The highest BCUT2D eigenvalue weighted by atomic mass is 35.5. The molecule has 0 saturated heterocycles. The zero-order valence-corrected chi connectivity index (χ0v) is 14.1. The Hall–Kier alpha value is -2.11. The SMILES string of the molecule is CN(C)C(=O)Cc1cncc(-c2cc(CCN)ccc2O)c1.Cl. The first-order chi connectivity index (χ1) is 10.5. The topological polar surface area (TPSA) is 79.5 Å². The van der Waals surface area contributed by atoms with Crippen LogP contribution in [0.3, 0.4) is 0 Å². The summed E-state index contributed by atoms with van der Waals surface area (Å²) in [5, 5.41) is 10.1. The molecular formula is C17H22ClN3O2. The molecule has 0 aliphatic rings. The van der Waals surface area contributed by atoms with Gasteiger partial charge in [0, 0.05) is 37.6 Å². The molecule has 0 radical (unpaired) electrons. The summed E-state index contributed by atoms with van der Waals surface area (Å²) in [6.07, 6.45) is 4.40. The Kier molecular flexibility index (Phi) is 7.00. The molecule has 1 amide bonds. The first kappa shape index (κ1) is 18.9. The zero-order valence-electron chi connectivity index (χ0n) is 13.3. The predicted molar refractivity (Wildman–Crippen MR) is 93.7 cm³/mol. The van der Waals surface area contributed by atoms with Crippen molar-refractivity contribution in [3.8, 4) is 16.9 Å². The largest absolute Gasteiger partial charge is 0.507 e. The van der Waals surface area contributed by atoms with Crippen molar-refractivity contribution in [1.29, 1.82) is 0 Å². The number of nitrogens with zero attached hydrogens (tertiary/aromatic N) is 2. The number of pyridine rings is 1. The van der Waals surface area contributed by atoms with E-state index >= 15 is 0 Å². The molecule has 0 aliphatic carbocycles. The molecule has 0 atom stereocenters. The maximum atomic E-state index is 11.8. The molecule has 0 aliphatic heterocycles. The van der Waals surface area contributed by atoms with Gasteiger partial charge in [0.2, 0.25) is 5.91 Å². The van der Waals surface area contributed by atoms with Gasteiger partial charge >= 0.3 is 0 Å². The van der Waals surface area contributed by atoms with Crippen LogP contribution in [0.2, 0.25) is 0 Å². The quantitative estimate of drug-likeness (QED) is 0.876. The maximum absolute atomic E-state index is 11.8. The number of benzene rings is 1.